The van der Waals surface area contributed by atoms with Gasteiger partial charge in [-0.3, -0.25) is 0 Å². The monoisotopic (exact) mass is 2160 g/mol. The van der Waals surface area contributed by atoms with Gasteiger partial charge in [-0.05, 0) is 307 Å². The van der Waals surface area contributed by atoms with Crippen LogP contribution in [-0.2, 0) is 40.6 Å². The molecule has 0 N–H and O–H groups in total. The molecule has 9 heteroatoms. The van der Waals surface area contributed by atoms with Gasteiger partial charge in [-0.1, -0.05) is 533 Å². The van der Waals surface area contributed by atoms with Gasteiger partial charge in [0.2, 0.25) is 0 Å². The molecule has 1 heterocycles. The van der Waals surface area contributed by atoms with E-state index >= 15 is 0 Å². The molecule has 22 aromatic rings. The zero-order valence-corrected chi connectivity index (χ0v) is 90.7. The molecule has 0 unspecified atom stereocenters. The molecule has 0 saturated carbocycles. The molecular weight excluding hydrogens is 2060 g/mol. The second kappa shape index (κ2) is 41.7. The minimum Gasteiger partial charge on any atom is -0.399 e. The fourth-order valence-corrected chi connectivity index (χ4v) is 30.1. The average Bonchev–Trinajstić information content (AvgIpc) is 1.57. The van der Waals surface area contributed by atoms with Crippen LogP contribution in [0.4, 0.5) is 0 Å². The van der Waals surface area contributed by atoms with Crippen LogP contribution in [0.1, 0.15) is 77.6 Å². The van der Waals surface area contributed by atoms with Gasteiger partial charge in [0.1, 0.15) is 0 Å². The van der Waals surface area contributed by atoms with Gasteiger partial charge in [0, 0.05) is 40.2 Å². The average molecular weight is 2170 g/mol. The Morgan fingerprint density at radius 3 is 0.646 bits per heavy atom. The van der Waals surface area contributed by atoms with Crippen molar-refractivity contribution in [1.82, 2.24) is 0 Å². The molecule has 1 fully saturated rings. The molecular formula is C138H108BBr2O2P3Pd. The van der Waals surface area contributed by atoms with Crippen LogP contribution < -0.4 is 53.2 Å². The van der Waals surface area contributed by atoms with Crippen molar-refractivity contribution in [2.45, 2.75) is 77.4 Å². The largest absolute Gasteiger partial charge is 0.495 e. The number of halogens is 2. The number of fused-ring (bicyclic) bond motifs is 15. The van der Waals surface area contributed by atoms with E-state index in [-0.39, 0.29) is 49.6 Å². The fraction of sp³-hybridized carbons (Fsp3) is 0.0870. The van der Waals surface area contributed by atoms with Crippen molar-refractivity contribution in [1.29, 1.82) is 0 Å². The second-order valence-corrected chi connectivity index (χ2v) is 48.6. The number of rotatable bonds is 12. The summed E-state index contributed by atoms with van der Waals surface area (Å²) >= 11 is 7.13. The van der Waals surface area contributed by atoms with Crippen LogP contribution in [0.3, 0.4) is 0 Å². The summed E-state index contributed by atoms with van der Waals surface area (Å²) in [6.07, 6.45) is 0. The molecule has 28 rings (SSSR count). The van der Waals surface area contributed by atoms with E-state index in [1.54, 1.807) is 0 Å². The second-order valence-electron chi connectivity index (χ2n) is 40.1. The van der Waals surface area contributed by atoms with Crippen LogP contribution >= 0.6 is 55.6 Å². The van der Waals surface area contributed by atoms with Crippen molar-refractivity contribution in [2.24, 2.45) is 0 Å². The Morgan fingerprint density at radius 2 is 0.381 bits per heavy atom. The van der Waals surface area contributed by atoms with Crippen LogP contribution in [-0.4, -0.2) is 18.3 Å². The van der Waals surface area contributed by atoms with E-state index in [1.807, 2.05) is 0 Å². The zero-order chi connectivity index (χ0) is 99.4. The number of benzene rings is 22. The van der Waals surface area contributed by atoms with Gasteiger partial charge in [-0.25, -0.2) is 0 Å². The SMILES string of the molecule is CC1(C)OB(c2ccc3c4c(cccc24)-c2ccccc2-3)OC1(C)C.CC1(C)c2cc(-c3ccc4c5c(cccc35)-c3ccccc3-4)ccc2-c2ccc(-c3ccc4c5c(cccc35)-c3ccccc3-4)cc21.CC1(C)c2cc(Br)ccc2-c2ccc(Br)cc21.[Pd].c1ccc(P(c2ccccc2)c2ccccc2)cc1.c1ccc(P(c2ccccc2)c2ccccc2)cc1.c1ccc(P(c2ccccc2)c2ccccc2)cc1. The normalized spacial score (nSPS) is 13.7. The summed E-state index contributed by atoms with van der Waals surface area (Å²) in [6, 6.07) is 185. The molecule has 0 bridgehead atoms. The van der Waals surface area contributed by atoms with Crippen LogP contribution in [0.25, 0.3) is 144 Å². The van der Waals surface area contributed by atoms with Crippen molar-refractivity contribution < 1.29 is 29.7 Å². The summed E-state index contributed by atoms with van der Waals surface area (Å²) in [7, 11) is -1.67. The predicted octanol–water partition coefficient (Wildman–Crippen LogP) is 33.6. The van der Waals surface area contributed by atoms with Crippen molar-refractivity contribution in [3.63, 3.8) is 0 Å². The first-order chi connectivity index (χ1) is 71.3. The van der Waals surface area contributed by atoms with Crippen molar-refractivity contribution in [3.05, 3.63) is 541 Å². The van der Waals surface area contributed by atoms with Crippen LogP contribution in [0.2, 0.25) is 0 Å². The fourth-order valence-electron chi connectivity index (χ4n) is 22.4. The Labute approximate surface area is 899 Å². The molecule has 0 radical (unpaired) electrons. The van der Waals surface area contributed by atoms with E-state index in [4.69, 9.17) is 9.31 Å². The first kappa shape index (κ1) is 98.2. The Bertz CT molecular complexity index is 7730. The van der Waals surface area contributed by atoms with Gasteiger partial charge in [-0.2, -0.15) is 0 Å². The van der Waals surface area contributed by atoms with Crippen molar-refractivity contribution in [2.75, 3.05) is 0 Å². The summed E-state index contributed by atoms with van der Waals surface area (Å²) < 4.78 is 14.9. The summed E-state index contributed by atoms with van der Waals surface area (Å²) in [5.74, 6) is 0. The summed E-state index contributed by atoms with van der Waals surface area (Å²) in [4.78, 5) is 0. The zero-order valence-electron chi connectivity index (χ0n) is 83.3. The van der Waals surface area contributed by atoms with Gasteiger partial charge >= 0.3 is 7.12 Å². The smallest absolute Gasteiger partial charge is 0.399 e. The first-order valence-electron chi connectivity index (χ1n) is 50.4. The van der Waals surface area contributed by atoms with E-state index in [2.05, 4.69) is 597 Å². The van der Waals surface area contributed by atoms with Gasteiger partial charge in [0.25, 0.3) is 0 Å². The molecule has 1 saturated heterocycles. The molecule has 0 amide bonds. The Morgan fingerprint density at radius 1 is 0.184 bits per heavy atom. The first-order valence-corrected chi connectivity index (χ1v) is 56.0. The minimum atomic E-state index is -0.446. The van der Waals surface area contributed by atoms with Crippen LogP contribution in [0.5, 0.6) is 0 Å². The van der Waals surface area contributed by atoms with Gasteiger partial charge in [0.15, 0.2) is 0 Å². The molecule has 0 atom stereocenters. The molecule has 0 spiro atoms. The van der Waals surface area contributed by atoms with Crippen LogP contribution in [0.15, 0.2) is 519 Å². The van der Waals surface area contributed by atoms with Gasteiger partial charge in [0.05, 0.1) is 11.2 Å². The maximum absolute atomic E-state index is 6.31. The van der Waals surface area contributed by atoms with Crippen molar-refractivity contribution >= 4 is 148 Å². The van der Waals surface area contributed by atoms with Crippen LogP contribution in [0, 0.1) is 0 Å². The molecule has 2 nitrogen and oxygen atoms in total. The molecule has 1 aliphatic heterocycles. The minimum absolute atomic E-state index is 0. The Kier molecular flexibility index (Phi) is 27.8. The third-order valence-corrected chi connectivity index (χ3v) is 38.5. The standard InChI is InChI=1S/C47H30.C22H21BO2.3C18H15P.C15H12Br2.Pd/c1-47(2)43-25-27(29-21-23-41-33-11-5-3-9-31(33)39-15-7-13-37(29)45(39)41)17-19-35(43)36-20-18-28(26-44(36)47)30-22-24-42-34-12-6-4-10-32(34)40-16-8-14-38(30)46(40)42;1-21(2)22(3,4)25-23(24-21)19-13-12-17-15-9-6-5-8-14(15)16-10-7-11-18(19)20(16)17;3*1-4-10-16(11-5-1)19(17-12-6-2-7-13-17)18-14-8-3-9-15-18;1-15(2)13-7-9(16)3-5-11(13)12-6-4-10(17)8-14(12)15;/h3-26H,1-2H3;5-13H,1-4H3;3*1-15H;3-8H,1-2H3;. The topological polar surface area (TPSA) is 18.5 Å². The molecule has 22 aromatic carbocycles. The van der Waals surface area contributed by atoms with Gasteiger partial charge in [-0.15, -0.1) is 0 Å². The number of hydrogen-bond donors (Lipinski definition) is 0. The number of hydrogen-bond acceptors (Lipinski definition) is 2. The maximum Gasteiger partial charge on any atom is 0.495 e. The van der Waals surface area contributed by atoms with E-state index in [9.17, 15) is 0 Å². The molecule has 147 heavy (non-hydrogen) atoms. The van der Waals surface area contributed by atoms with E-state index in [1.165, 1.54) is 214 Å². The molecule has 0 aromatic heterocycles. The Balaban J connectivity index is 0.000000106. The molecule has 6 aliphatic rings. The summed E-state index contributed by atoms with van der Waals surface area (Å²) in [5, 5.41) is 20.6. The quantitative estimate of drug-likeness (QED) is 0.0897. The van der Waals surface area contributed by atoms with Gasteiger partial charge < -0.3 is 9.31 Å². The molecule has 5 aliphatic carbocycles. The third-order valence-electron chi connectivity index (χ3n) is 30.2. The summed E-state index contributed by atoms with van der Waals surface area (Å²) in [5.41, 5.74) is 32.7. The maximum atomic E-state index is 6.31. The van der Waals surface area contributed by atoms with Crippen molar-refractivity contribution in [3.8, 4) is 111 Å². The predicted molar refractivity (Wildman–Crippen MR) is 638 cm³/mol. The van der Waals surface area contributed by atoms with E-state index in [0.29, 0.717) is 0 Å². The van der Waals surface area contributed by atoms with E-state index < -0.39 is 23.8 Å². The Hall–Kier alpha value is -13.5. The summed E-state index contributed by atoms with van der Waals surface area (Å²) in [6.45, 7) is 17.8. The van der Waals surface area contributed by atoms with E-state index in [0.717, 1.165) is 14.4 Å². The molecule has 714 valence electrons. The third kappa shape index (κ3) is 18.7.